The highest BCUT2D eigenvalue weighted by atomic mass is 16.5. The number of nitrogens with one attached hydrogen (secondary N) is 1. The van der Waals surface area contributed by atoms with E-state index in [9.17, 15) is 9.59 Å². The van der Waals surface area contributed by atoms with Crippen LogP contribution in [0.1, 0.15) is 28.5 Å². The fraction of sp³-hybridized carbons (Fsp3) is 0.412. The van der Waals surface area contributed by atoms with Crippen molar-refractivity contribution < 1.29 is 9.53 Å². The summed E-state index contributed by atoms with van der Waals surface area (Å²) in [5, 5.41) is 0.585. The Kier molecular flexibility index (Phi) is 4.09. The van der Waals surface area contributed by atoms with Crippen LogP contribution < -0.4 is 5.43 Å². The normalized spacial score (nSPS) is 16.1. The van der Waals surface area contributed by atoms with Gasteiger partial charge >= 0.3 is 0 Å². The zero-order chi connectivity index (χ0) is 15.7. The summed E-state index contributed by atoms with van der Waals surface area (Å²) in [6.45, 7) is 7.14. The van der Waals surface area contributed by atoms with Gasteiger partial charge in [0.25, 0.3) is 0 Å². The predicted octanol–water partition coefficient (Wildman–Crippen LogP) is 1.87. The number of Topliss-reactive ketones (excluding diaryl/α,β-unsaturated/α-hetero) is 1. The average Bonchev–Trinajstić information content (AvgIpc) is 2.52. The van der Waals surface area contributed by atoms with Gasteiger partial charge in [0.2, 0.25) is 0 Å². The molecule has 1 saturated heterocycles. The van der Waals surface area contributed by atoms with Gasteiger partial charge in [0, 0.05) is 47.4 Å². The van der Waals surface area contributed by atoms with Crippen LogP contribution in [0, 0.1) is 6.92 Å². The molecule has 3 rings (SSSR count). The van der Waals surface area contributed by atoms with Crippen LogP contribution in [0.5, 0.6) is 0 Å². The maximum atomic E-state index is 12.8. The molecule has 1 N–H and O–H groups in total. The van der Waals surface area contributed by atoms with E-state index in [1.54, 1.807) is 18.2 Å². The van der Waals surface area contributed by atoms with Gasteiger partial charge in [0.1, 0.15) is 0 Å². The molecule has 5 nitrogen and oxygen atoms in total. The fourth-order valence-electron chi connectivity index (χ4n) is 2.84. The number of carbonyl (C=O) groups excluding carboxylic acids is 1. The number of rotatable bonds is 3. The lowest BCUT2D eigenvalue weighted by Crippen LogP contribution is -2.37. The maximum Gasteiger partial charge on any atom is 0.194 e. The van der Waals surface area contributed by atoms with Gasteiger partial charge in [-0.25, -0.2) is 0 Å². The molecule has 2 heterocycles. The number of aromatic amines is 1. The molecule has 0 radical (unpaired) electrons. The number of aromatic nitrogens is 1. The molecule has 22 heavy (non-hydrogen) atoms. The van der Waals surface area contributed by atoms with E-state index in [1.165, 1.54) is 6.92 Å². The Morgan fingerprint density at radius 1 is 1.32 bits per heavy atom. The molecule has 1 aromatic heterocycles. The third-order valence-corrected chi connectivity index (χ3v) is 4.21. The molecule has 0 aliphatic carbocycles. The van der Waals surface area contributed by atoms with Crippen molar-refractivity contribution in [3.8, 4) is 0 Å². The van der Waals surface area contributed by atoms with Crippen LogP contribution in [0.25, 0.3) is 10.9 Å². The van der Waals surface area contributed by atoms with E-state index < -0.39 is 0 Å². The number of hydrogen-bond donors (Lipinski definition) is 1. The zero-order valence-electron chi connectivity index (χ0n) is 12.9. The predicted molar refractivity (Wildman–Crippen MR) is 85.4 cm³/mol. The lowest BCUT2D eigenvalue weighted by molar-refractivity contribution is 0.0339. The number of pyridine rings is 1. The van der Waals surface area contributed by atoms with Crippen molar-refractivity contribution >= 4 is 16.7 Å². The third kappa shape index (κ3) is 2.82. The van der Waals surface area contributed by atoms with Crippen LogP contribution in [0.15, 0.2) is 23.0 Å². The highest BCUT2D eigenvalue weighted by Crippen LogP contribution is 2.15. The lowest BCUT2D eigenvalue weighted by atomic mass is 10.0. The number of fused-ring (bicyclic) bond motifs is 1. The highest BCUT2D eigenvalue weighted by molar-refractivity contribution is 5.97. The van der Waals surface area contributed by atoms with Crippen LogP contribution in [0.2, 0.25) is 0 Å². The van der Waals surface area contributed by atoms with E-state index in [2.05, 4.69) is 9.88 Å². The summed E-state index contributed by atoms with van der Waals surface area (Å²) in [6.07, 6.45) is 0. The minimum atomic E-state index is -0.0309. The van der Waals surface area contributed by atoms with Gasteiger partial charge in [-0.3, -0.25) is 14.5 Å². The van der Waals surface area contributed by atoms with Gasteiger partial charge in [-0.15, -0.1) is 0 Å². The van der Waals surface area contributed by atoms with Gasteiger partial charge in [0.15, 0.2) is 11.2 Å². The monoisotopic (exact) mass is 300 g/mol. The summed E-state index contributed by atoms with van der Waals surface area (Å²) in [5.41, 5.74) is 3.02. The molecule has 2 aromatic rings. The second-order valence-electron chi connectivity index (χ2n) is 5.76. The largest absolute Gasteiger partial charge is 0.379 e. The fourth-order valence-corrected chi connectivity index (χ4v) is 2.84. The molecule has 1 aliphatic rings. The molecule has 5 heteroatoms. The first-order valence-electron chi connectivity index (χ1n) is 7.53. The second kappa shape index (κ2) is 6.02. The Bertz CT molecular complexity index is 773. The molecule has 0 bridgehead atoms. The lowest BCUT2D eigenvalue weighted by Gasteiger charge is -2.26. The van der Waals surface area contributed by atoms with E-state index in [4.69, 9.17) is 4.74 Å². The number of nitrogens with zero attached hydrogens (tertiary/aromatic N) is 1. The number of benzene rings is 1. The molecule has 0 atom stereocenters. The van der Waals surface area contributed by atoms with Gasteiger partial charge in [-0.05, 0) is 32.0 Å². The SMILES string of the molecule is CC(=O)c1ccc2[nH]c(C)c(CN3CCOCC3)c(=O)c2c1. The van der Waals surface area contributed by atoms with Crippen molar-refractivity contribution in [1.82, 2.24) is 9.88 Å². The van der Waals surface area contributed by atoms with Gasteiger partial charge in [0.05, 0.1) is 13.2 Å². The van der Waals surface area contributed by atoms with E-state index in [1.807, 2.05) is 6.92 Å². The van der Waals surface area contributed by atoms with Crippen molar-refractivity contribution in [3.05, 3.63) is 45.2 Å². The minimum absolute atomic E-state index is 0.0147. The summed E-state index contributed by atoms with van der Waals surface area (Å²) < 4.78 is 5.35. The van der Waals surface area contributed by atoms with Crippen molar-refractivity contribution in [2.75, 3.05) is 26.3 Å². The average molecular weight is 300 g/mol. The van der Waals surface area contributed by atoms with E-state index in [0.717, 1.165) is 29.9 Å². The Balaban J connectivity index is 2.05. The van der Waals surface area contributed by atoms with Crippen LogP contribution >= 0.6 is 0 Å². The Hall–Kier alpha value is -1.98. The molecule has 0 saturated carbocycles. The van der Waals surface area contributed by atoms with Crippen LogP contribution in [0.3, 0.4) is 0 Å². The van der Waals surface area contributed by atoms with Gasteiger partial charge in [-0.1, -0.05) is 0 Å². The molecular weight excluding hydrogens is 280 g/mol. The highest BCUT2D eigenvalue weighted by Gasteiger charge is 2.16. The van der Waals surface area contributed by atoms with Crippen LogP contribution in [-0.4, -0.2) is 42.0 Å². The molecule has 0 unspecified atom stereocenters. The number of morpholine rings is 1. The molecular formula is C17H20N2O3. The first-order valence-corrected chi connectivity index (χ1v) is 7.53. The number of aryl methyl sites for hydroxylation is 1. The van der Waals surface area contributed by atoms with E-state index in [0.29, 0.717) is 30.7 Å². The van der Waals surface area contributed by atoms with E-state index in [-0.39, 0.29) is 11.2 Å². The number of H-pyrrole nitrogens is 1. The Morgan fingerprint density at radius 3 is 2.73 bits per heavy atom. The third-order valence-electron chi connectivity index (χ3n) is 4.21. The first kappa shape index (κ1) is 14.9. The molecule has 0 spiro atoms. The number of carbonyl (C=O) groups is 1. The maximum absolute atomic E-state index is 12.8. The van der Waals surface area contributed by atoms with E-state index >= 15 is 0 Å². The van der Waals surface area contributed by atoms with Crippen molar-refractivity contribution in [1.29, 1.82) is 0 Å². The number of ketones is 1. The quantitative estimate of drug-likeness (QED) is 0.879. The smallest absolute Gasteiger partial charge is 0.194 e. The standard InChI is InChI=1S/C17H20N2O3/c1-11-15(10-19-5-7-22-8-6-19)17(21)14-9-13(12(2)20)3-4-16(14)18-11/h3-4,9H,5-8,10H2,1-2H3,(H,18,21). The summed E-state index contributed by atoms with van der Waals surface area (Å²) in [4.78, 5) is 29.9. The van der Waals surface area contributed by atoms with Crippen molar-refractivity contribution in [2.45, 2.75) is 20.4 Å². The number of hydrogen-bond acceptors (Lipinski definition) is 4. The number of ether oxygens (including phenoxy) is 1. The van der Waals surface area contributed by atoms with Crippen molar-refractivity contribution in [3.63, 3.8) is 0 Å². The Morgan fingerprint density at radius 2 is 2.05 bits per heavy atom. The molecule has 1 aliphatic heterocycles. The molecule has 0 amide bonds. The topological polar surface area (TPSA) is 62.4 Å². The summed E-state index contributed by atoms with van der Waals surface area (Å²) >= 11 is 0. The molecule has 1 fully saturated rings. The van der Waals surface area contributed by atoms with Crippen LogP contribution in [0.4, 0.5) is 0 Å². The zero-order valence-corrected chi connectivity index (χ0v) is 12.9. The second-order valence-corrected chi connectivity index (χ2v) is 5.76. The van der Waals surface area contributed by atoms with Gasteiger partial charge in [-0.2, -0.15) is 0 Å². The first-order chi connectivity index (χ1) is 10.6. The molecule has 116 valence electrons. The van der Waals surface area contributed by atoms with Gasteiger partial charge < -0.3 is 9.72 Å². The van der Waals surface area contributed by atoms with Crippen LogP contribution in [-0.2, 0) is 11.3 Å². The Labute approximate surface area is 128 Å². The van der Waals surface area contributed by atoms with Crippen molar-refractivity contribution in [2.24, 2.45) is 0 Å². The summed E-state index contributed by atoms with van der Waals surface area (Å²) in [7, 11) is 0. The summed E-state index contributed by atoms with van der Waals surface area (Å²) in [6, 6.07) is 5.25. The molecule has 1 aromatic carbocycles. The minimum Gasteiger partial charge on any atom is -0.379 e. The summed E-state index contributed by atoms with van der Waals surface area (Å²) in [5.74, 6) is -0.0309.